The minimum absolute atomic E-state index is 0. The number of carbonyl (C=O) groups is 2. The van der Waals surface area contributed by atoms with Gasteiger partial charge in [0.1, 0.15) is 11.7 Å². The summed E-state index contributed by atoms with van der Waals surface area (Å²) < 4.78 is 0. The second-order valence-corrected chi connectivity index (χ2v) is 6.96. The molecule has 156 valence electrons. The zero-order chi connectivity index (χ0) is 20.5. The van der Waals surface area contributed by atoms with Gasteiger partial charge in [0.25, 0.3) is 5.91 Å². The van der Waals surface area contributed by atoms with Gasteiger partial charge in [-0.3, -0.25) is 14.6 Å². The summed E-state index contributed by atoms with van der Waals surface area (Å²) in [6, 6.07) is 8.33. The number of rotatable bonds is 9. The van der Waals surface area contributed by atoms with Crippen LogP contribution in [0.2, 0.25) is 0 Å². The van der Waals surface area contributed by atoms with E-state index in [0.29, 0.717) is 6.42 Å². The van der Waals surface area contributed by atoms with Crippen LogP contribution in [0.1, 0.15) is 43.7 Å². The number of hydrogen-bond acceptors (Lipinski definition) is 6. The highest BCUT2D eigenvalue weighted by atomic mass is 16.4. The van der Waals surface area contributed by atoms with Crippen LogP contribution in [0.15, 0.2) is 48.9 Å². The van der Waals surface area contributed by atoms with Crippen LogP contribution in [-0.2, 0) is 11.2 Å². The summed E-state index contributed by atoms with van der Waals surface area (Å²) in [4.78, 5) is 33.1. The van der Waals surface area contributed by atoms with Gasteiger partial charge in [0.15, 0.2) is 0 Å². The first-order chi connectivity index (χ1) is 13.4. The molecular formula is C20H29BN4O4. The SMILES string of the molecule is C.CC(C)C[C@H](NC(=O)[C@H](Cc1ccccc1)NC(=O)c1cnccn1)B(O)O. The molecule has 2 atom stereocenters. The van der Waals surface area contributed by atoms with E-state index in [4.69, 9.17) is 0 Å². The molecule has 4 N–H and O–H groups in total. The van der Waals surface area contributed by atoms with E-state index in [2.05, 4.69) is 20.6 Å². The summed E-state index contributed by atoms with van der Waals surface area (Å²) in [5.74, 6) is -1.72. The van der Waals surface area contributed by atoms with Crippen molar-refractivity contribution in [2.75, 3.05) is 0 Å². The molecule has 2 amide bonds. The topological polar surface area (TPSA) is 124 Å². The molecule has 29 heavy (non-hydrogen) atoms. The highest BCUT2D eigenvalue weighted by molar-refractivity contribution is 6.43. The minimum atomic E-state index is -1.69. The molecule has 0 unspecified atom stereocenters. The number of nitrogens with zero attached hydrogens (tertiary/aromatic N) is 2. The van der Waals surface area contributed by atoms with Gasteiger partial charge in [-0.15, -0.1) is 0 Å². The molecule has 2 aromatic rings. The van der Waals surface area contributed by atoms with E-state index in [1.165, 1.54) is 18.6 Å². The van der Waals surface area contributed by atoms with Crippen molar-refractivity contribution in [2.45, 2.75) is 46.1 Å². The van der Waals surface area contributed by atoms with E-state index >= 15 is 0 Å². The molecule has 0 fully saturated rings. The standard InChI is InChI=1S/C19H25BN4O4.CH4/c1-13(2)10-17(20(27)28)24-18(25)15(11-14-6-4-3-5-7-14)23-19(26)16-12-21-8-9-22-16;/h3-9,12-13,15,17,27-28H,10-11H2,1-2H3,(H,23,26)(H,24,25);1H4/t15-,17-;/m0./s1. The van der Waals surface area contributed by atoms with E-state index < -0.39 is 30.9 Å². The lowest BCUT2D eigenvalue weighted by Crippen LogP contribution is -2.55. The third kappa shape index (κ3) is 8.01. The molecule has 0 bridgehead atoms. The highest BCUT2D eigenvalue weighted by Crippen LogP contribution is 2.09. The maximum Gasteiger partial charge on any atom is 0.475 e. The first kappa shape index (κ1) is 24.3. The van der Waals surface area contributed by atoms with Gasteiger partial charge in [-0.2, -0.15) is 0 Å². The smallest absolute Gasteiger partial charge is 0.426 e. The van der Waals surface area contributed by atoms with Crippen molar-refractivity contribution in [3.63, 3.8) is 0 Å². The van der Waals surface area contributed by atoms with Crippen molar-refractivity contribution in [3.8, 4) is 0 Å². The Hall–Kier alpha value is -2.78. The van der Waals surface area contributed by atoms with E-state index in [9.17, 15) is 19.6 Å². The Bertz CT molecular complexity index is 760. The average Bonchev–Trinajstić information content (AvgIpc) is 2.68. The van der Waals surface area contributed by atoms with Gasteiger partial charge in [0.2, 0.25) is 5.91 Å². The Balaban J connectivity index is 0.00000420. The van der Waals surface area contributed by atoms with Gasteiger partial charge < -0.3 is 20.7 Å². The molecule has 0 spiro atoms. The molecular weight excluding hydrogens is 371 g/mol. The van der Waals surface area contributed by atoms with Crippen molar-refractivity contribution in [2.24, 2.45) is 5.92 Å². The molecule has 1 heterocycles. The van der Waals surface area contributed by atoms with Crippen LogP contribution >= 0.6 is 0 Å². The van der Waals surface area contributed by atoms with Crippen LogP contribution in [0.3, 0.4) is 0 Å². The average molecular weight is 400 g/mol. The third-order valence-electron chi connectivity index (χ3n) is 4.11. The zero-order valence-corrected chi connectivity index (χ0v) is 15.9. The van der Waals surface area contributed by atoms with Crippen molar-refractivity contribution in [1.29, 1.82) is 0 Å². The lowest BCUT2D eigenvalue weighted by atomic mass is 9.75. The molecule has 0 saturated heterocycles. The minimum Gasteiger partial charge on any atom is -0.426 e. The molecule has 8 nitrogen and oxygen atoms in total. The van der Waals surface area contributed by atoms with Crippen molar-refractivity contribution >= 4 is 18.9 Å². The van der Waals surface area contributed by atoms with Crippen molar-refractivity contribution < 1.29 is 19.6 Å². The van der Waals surface area contributed by atoms with Crippen LogP contribution in [0, 0.1) is 5.92 Å². The predicted octanol–water partition coefficient (Wildman–Crippen LogP) is 0.997. The molecule has 9 heteroatoms. The van der Waals surface area contributed by atoms with E-state index in [1.807, 2.05) is 44.2 Å². The monoisotopic (exact) mass is 400 g/mol. The Morgan fingerprint density at radius 3 is 2.34 bits per heavy atom. The Labute approximate surface area is 171 Å². The number of nitrogens with one attached hydrogen (secondary N) is 2. The third-order valence-corrected chi connectivity index (χ3v) is 4.11. The zero-order valence-electron chi connectivity index (χ0n) is 15.9. The summed E-state index contributed by atoms with van der Waals surface area (Å²) >= 11 is 0. The van der Waals surface area contributed by atoms with Crippen LogP contribution in [0.5, 0.6) is 0 Å². The fraction of sp³-hybridized carbons (Fsp3) is 0.400. The fourth-order valence-corrected chi connectivity index (χ4v) is 2.75. The first-order valence-corrected chi connectivity index (χ1v) is 9.14. The summed E-state index contributed by atoms with van der Waals surface area (Å²) in [6.07, 6.45) is 4.78. The van der Waals surface area contributed by atoms with Crippen LogP contribution in [0.25, 0.3) is 0 Å². The number of aromatic nitrogens is 2. The second-order valence-electron chi connectivity index (χ2n) is 6.96. The van der Waals surface area contributed by atoms with E-state index in [1.54, 1.807) is 0 Å². The molecule has 1 aromatic carbocycles. The fourth-order valence-electron chi connectivity index (χ4n) is 2.75. The van der Waals surface area contributed by atoms with Gasteiger partial charge in [-0.05, 0) is 17.9 Å². The lowest BCUT2D eigenvalue weighted by molar-refractivity contribution is -0.123. The number of benzene rings is 1. The second kappa shape index (κ2) is 11.9. The van der Waals surface area contributed by atoms with Gasteiger partial charge in [0, 0.05) is 18.8 Å². The van der Waals surface area contributed by atoms with Crippen molar-refractivity contribution in [1.82, 2.24) is 20.6 Å². The largest absolute Gasteiger partial charge is 0.475 e. The molecule has 0 aliphatic rings. The number of amides is 2. The van der Waals surface area contributed by atoms with Gasteiger partial charge >= 0.3 is 7.12 Å². The van der Waals surface area contributed by atoms with Crippen LogP contribution in [0.4, 0.5) is 0 Å². The van der Waals surface area contributed by atoms with Crippen LogP contribution < -0.4 is 10.6 Å². The summed E-state index contributed by atoms with van der Waals surface area (Å²) in [5, 5.41) is 24.5. The van der Waals surface area contributed by atoms with Gasteiger partial charge in [-0.25, -0.2) is 4.98 Å². The molecule has 1 aromatic heterocycles. The number of carbonyl (C=O) groups excluding carboxylic acids is 2. The molecule has 0 aliphatic carbocycles. The first-order valence-electron chi connectivity index (χ1n) is 9.14. The van der Waals surface area contributed by atoms with E-state index in [0.717, 1.165) is 5.56 Å². The Morgan fingerprint density at radius 1 is 1.10 bits per heavy atom. The highest BCUT2D eigenvalue weighted by Gasteiger charge is 2.30. The molecule has 0 aliphatic heterocycles. The van der Waals surface area contributed by atoms with Gasteiger partial charge in [0.05, 0.1) is 12.1 Å². The summed E-state index contributed by atoms with van der Waals surface area (Å²) in [6.45, 7) is 3.83. The van der Waals surface area contributed by atoms with Crippen molar-refractivity contribution in [3.05, 3.63) is 60.2 Å². The lowest BCUT2D eigenvalue weighted by Gasteiger charge is -2.24. The molecule has 0 radical (unpaired) electrons. The van der Waals surface area contributed by atoms with Gasteiger partial charge in [-0.1, -0.05) is 51.6 Å². The molecule has 0 saturated carbocycles. The Kier molecular flexibility index (Phi) is 9.98. The van der Waals surface area contributed by atoms with E-state index in [-0.39, 0.29) is 25.5 Å². The normalized spacial score (nSPS) is 12.4. The maximum absolute atomic E-state index is 12.8. The van der Waals surface area contributed by atoms with Crippen LogP contribution in [-0.4, -0.2) is 50.9 Å². The maximum atomic E-state index is 12.8. The predicted molar refractivity (Wildman–Crippen MR) is 112 cm³/mol. The quantitative estimate of drug-likeness (QED) is 0.466. The summed E-state index contributed by atoms with van der Waals surface area (Å²) in [5.41, 5.74) is 0.946. The summed E-state index contributed by atoms with van der Waals surface area (Å²) in [7, 11) is -1.69. The number of hydrogen-bond donors (Lipinski definition) is 4. The Morgan fingerprint density at radius 2 is 1.79 bits per heavy atom. The molecule has 2 rings (SSSR count).